The summed E-state index contributed by atoms with van der Waals surface area (Å²) in [6, 6.07) is 11.9. The minimum atomic E-state index is -0.215. The van der Waals surface area contributed by atoms with Crippen LogP contribution in [0, 0.1) is 13.8 Å². The van der Waals surface area contributed by atoms with Crippen LogP contribution in [0.2, 0.25) is 0 Å². The molecule has 2 nitrogen and oxygen atoms in total. The highest BCUT2D eigenvalue weighted by molar-refractivity contribution is 9.10. The lowest BCUT2D eigenvalue weighted by molar-refractivity contribution is 0.0849. The van der Waals surface area contributed by atoms with Crippen LogP contribution in [0.15, 0.2) is 40.9 Å². The molecule has 2 aromatic rings. The number of hydrogen-bond acceptors (Lipinski definition) is 2. The van der Waals surface area contributed by atoms with Crippen LogP contribution in [0.4, 0.5) is 0 Å². The Morgan fingerprint density at radius 3 is 2.55 bits per heavy atom. The fourth-order valence-electron chi connectivity index (χ4n) is 2.50. The molecule has 0 spiro atoms. The van der Waals surface area contributed by atoms with E-state index in [1.165, 1.54) is 5.56 Å². The number of hydrogen-bond donors (Lipinski definition) is 0. The van der Waals surface area contributed by atoms with Crippen molar-refractivity contribution in [3.8, 4) is 5.75 Å². The lowest BCUT2D eigenvalue weighted by atomic mass is 9.95. The summed E-state index contributed by atoms with van der Waals surface area (Å²) in [6.07, 6.45) is 0.172. The third-order valence-corrected chi connectivity index (χ3v) is 4.27. The van der Waals surface area contributed by atoms with E-state index in [0.717, 1.165) is 15.6 Å². The monoisotopic (exact) mass is 330 g/mol. The smallest absolute Gasteiger partial charge is 0.170 e. The Balaban J connectivity index is 1.99. The normalized spacial score (nSPS) is 17.6. The third-order valence-electron chi connectivity index (χ3n) is 3.58. The van der Waals surface area contributed by atoms with Gasteiger partial charge in [-0.15, -0.1) is 0 Å². The molecule has 1 aliphatic rings. The highest BCUT2D eigenvalue weighted by Crippen LogP contribution is 2.37. The summed E-state index contributed by atoms with van der Waals surface area (Å²) in [5.74, 6) is 0.830. The molecule has 0 saturated carbocycles. The molecule has 1 heterocycles. The Hall–Kier alpha value is -1.61. The van der Waals surface area contributed by atoms with Crippen LogP contribution < -0.4 is 4.74 Å². The average Bonchev–Trinajstić information content (AvgIpc) is 2.39. The van der Waals surface area contributed by atoms with Gasteiger partial charge in [-0.2, -0.15) is 0 Å². The van der Waals surface area contributed by atoms with E-state index >= 15 is 0 Å². The van der Waals surface area contributed by atoms with E-state index < -0.39 is 0 Å². The number of halogens is 1. The molecule has 1 aliphatic heterocycles. The minimum absolute atomic E-state index is 0.146. The van der Waals surface area contributed by atoms with Gasteiger partial charge < -0.3 is 4.74 Å². The number of carbonyl (C=O) groups excluding carboxylic acids is 1. The predicted molar refractivity (Wildman–Crippen MR) is 82.4 cm³/mol. The van der Waals surface area contributed by atoms with E-state index in [1.54, 1.807) is 0 Å². The summed E-state index contributed by atoms with van der Waals surface area (Å²) in [7, 11) is 0. The number of fused-ring (bicyclic) bond motifs is 1. The van der Waals surface area contributed by atoms with Crippen molar-refractivity contribution < 1.29 is 9.53 Å². The largest absolute Gasteiger partial charge is 0.484 e. The van der Waals surface area contributed by atoms with Gasteiger partial charge in [-0.25, -0.2) is 0 Å². The molecule has 0 N–H and O–H groups in total. The summed E-state index contributed by atoms with van der Waals surface area (Å²) in [6.45, 7) is 4.02. The number of carbonyl (C=O) groups is 1. The molecule has 102 valence electrons. The molecule has 3 heteroatoms. The van der Waals surface area contributed by atoms with Crippen molar-refractivity contribution in [2.24, 2.45) is 0 Å². The fourth-order valence-corrected chi connectivity index (χ4v) is 3.25. The molecule has 0 aromatic heterocycles. The van der Waals surface area contributed by atoms with Crippen LogP contribution >= 0.6 is 15.9 Å². The lowest BCUT2D eigenvalue weighted by Crippen LogP contribution is -2.20. The van der Waals surface area contributed by atoms with Crippen LogP contribution in [-0.4, -0.2) is 5.78 Å². The lowest BCUT2D eigenvalue weighted by Gasteiger charge is -2.26. The number of ether oxygens (including phenoxy) is 1. The molecule has 0 radical (unpaired) electrons. The molecule has 1 unspecified atom stereocenters. The Morgan fingerprint density at radius 1 is 1.10 bits per heavy atom. The van der Waals surface area contributed by atoms with Crippen LogP contribution in [0.25, 0.3) is 0 Å². The van der Waals surface area contributed by atoms with Crippen molar-refractivity contribution in [3.05, 3.63) is 63.1 Å². The van der Waals surface area contributed by atoms with Crippen LogP contribution in [0.1, 0.15) is 39.6 Å². The van der Waals surface area contributed by atoms with E-state index in [9.17, 15) is 4.79 Å². The van der Waals surface area contributed by atoms with E-state index in [-0.39, 0.29) is 11.9 Å². The Kier molecular flexibility index (Phi) is 3.38. The molecule has 1 atom stereocenters. The second-order valence-electron chi connectivity index (χ2n) is 5.26. The van der Waals surface area contributed by atoms with Gasteiger partial charge in [-0.05, 0) is 37.6 Å². The first kappa shape index (κ1) is 13.4. The van der Waals surface area contributed by atoms with Gasteiger partial charge in [0.2, 0.25) is 0 Å². The molecule has 0 bridgehead atoms. The quantitative estimate of drug-likeness (QED) is 0.752. The minimum Gasteiger partial charge on any atom is -0.484 e. The van der Waals surface area contributed by atoms with Gasteiger partial charge in [0.25, 0.3) is 0 Å². The molecule has 20 heavy (non-hydrogen) atoms. The van der Waals surface area contributed by atoms with Gasteiger partial charge in [0, 0.05) is 10.0 Å². The first-order valence-electron chi connectivity index (χ1n) is 6.61. The summed E-state index contributed by atoms with van der Waals surface area (Å²) in [4.78, 5) is 12.3. The molecule has 0 saturated heterocycles. The number of benzene rings is 2. The van der Waals surface area contributed by atoms with Crippen LogP contribution in [0.3, 0.4) is 0 Å². The predicted octanol–water partition coefficient (Wildman–Crippen LogP) is 4.77. The summed E-state index contributed by atoms with van der Waals surface area (Å²) in [5.41, 5.74) is 3.98. The molecule has 0 fully saturated rings. The number of ketones is 1. The van der Waals surface area contributed by atoms with Crippen molar-refractivity contribution in [3.63, 3.8) is 0 Å². The zero-order valence-electron chi connectivity index (χ0n) is 11.4. The van der Waals surface area contributed by atoms with E-state index in [0.29, 0.717) is 17.7 Å². The van der Waals surface area contributed by atoms with Crippen molar-refractivity contribution >= 4 is 21.7 Å². The first-order valence-corrected chi connectivity index (χ1v) is 7.40. The Labute approximate surface area is 126 Å². The molecule has 0 aliphatic carbocycles. The van der Waals surface area contributed by atoms with Crippen molar-refractivity contribution in [2.75, 3.05) is 0 Å². The molecular weight excluding hydrogens is 316 g/mol. The topological polar surface area (TPSA) is 26.3 Å². The Morgan fingerprint density at radius 2 is 1.80 bits per heavy atom. The summed E-state index contributed by atoms with van der Waals surface area (Å²) >= 11 is 3.56. The molecule has 0 amide bonds. The number of aryl methyl sites for hydroxylation is 2. The average molecular weight is 331 g/mol. The van der Waals surface area contributed by atoms with Crippen LogP contribution in [-0.2, 0) is 0 Å². The molecular formula is C17H15BrO2. The van der Waals surface area contributed by atoms with Gasteiger partial charge >= 0.3 is 0 Å². The van der Waals surface area contributed by atoms with E-state index in [1.807, 2.05) is 50.2 Å². The van der Waals surface area contributed by atoms with Crippen molar-refractivity contribution in [1.82, 2.24) is 0 Å². The van der Waals surface area contributed by atoms with E-state index in [2.05, 4.69) is 15.9 Å². The zero-order chi connectivity index (χ0) is 14.3. The maximum Gasteiger partial charge on any atom is 0.170 e. The zero-order valence-corrected chi connectivity index (χ0v) is 13.0. The summed E-state index contributed by atoms with van der Waals surface area (Å²) < 4.78 is 7.00. The van der Waals surface area contributed by atoms with Crippen molar-refractivity contribution in [2.45, 2.75) is 26.4 Å². The highest BCUT2D eigenvalue weighted by atomic mass is 79.9. The molecule has 2 aromatic carbocycles. The third kappa shape index (κ3) is 2.38. The van der Waals surface area contributed by atoms with Gasteiger partial charge in [-0.1, -0.05) is 39.7 Å². The summed E-state index contributed by atoms with van der Waals surface area (Å²) in [5, 5.41) is 0. The van der Waals surface area contributed by atoms with Gasteiger partial charge in [0.15, 0.2) is 5.78 Å². The van der Waals surface area contributed by atoms with E-state index in [4.69, 9.17) is 4.74 Å². The fraction of sp³-hybridized carbons (Fsp3) is 0.235. The SMILES string of the molecule is Cc1ccc(C2CC(=O)c3cc(C)ccc3O2)c(Br)c1. The second kappa shape index (κ2) is 5.06. The standard InChI is InChI=1S/C17H15BrO2/c1-10-4-6-16-13(7-10)15(19)9-17(20-16)12-5-3-11(2)8-14(12)18/h3-8,17H,9H2,1-2H3. The maximum atomic E-state index is 12.3. The first-order chi connectivity index (χ1) is 9.54. The van der Waals surface area contributed by atoms with Crippen molar-refractivity contribution in [1.29, 1.82) is 0 Å². The van der Waals surface area contributed by atoms with Gasteiger partial charge in [-0.3, -0.25) is 4.79 Å². The number of rotatable bonds is 1. The second-order valence-corrected chi connectivity index (χ2v) is 6.11. The van der Waals surface area contributed by atoms with Gasteiger partial charge in [0.1, 0.15) is 11.9 Å². The maximum absolute atomic E-state index is 12.3. The van der Waals surface area contributed by atoms with Crippen LogP contribution in [0.5, 0.6) is 5.75 Å². The van der Waals surface area contributed by atoms with Gasteiger partial charge in [0.05, 0.1) is 12.0 Å². The molecule has 3 rings (SSSR count). The Bertz CT molecular complexity index is 691. The highest BCUT2D eigenvalue weighted by Gasteiger charge is 2.28. The number of Topliss-reactive ketones (excluding diaryl/α,β-unsaturated/α-hetero) is 1.